The van der Waals surface area contributed by atoms with E-state index in [9.17, 15) is 23.3 Å². The van der Waals surface area contributed by atoms with E-state index in [0.29, 0.717) is 13.1 Å². The molecule has 0 atom stereocenters. The second-order valence-electron chi connectivity index (χ2n) is 6.87. The molecular weight excluding hydrogens is 388 g/mol. The lowest BCUT2D eigenvalue weighted by Crippen LogP contribution is -2.42. The van der Waals surface area contributed by atoms with Crippen LogP contribution in [0.15, 0.2) is 23.1 Å². The van der Waals surface area contributed by atoms with Crippen LogP contribution in [0.1, 0.15) is 12.8 Å². The van der Waals surface area contributed by atoms with Gasteiger partial charge in [-0.2, -0.15) is 4.31 Å². The third-order valence-electron chi connectivity index (χ3n) is 4.98. The van der Waals surface area contributed by atoms with Gasteiger partial charge in [0.15, 0.2) is 0 Å². The number of ether oxygens (including phenoxy) is 1. The Morgan fingerprint density at radius 1 is 1.21 bits per heavy atom. The van der Waals surface area contributed by atoms with Crippen molar-refractivity contribution in [2.45, 2.75) is 17.7 Å². The van der Waals surface area contributed by atoms with Crippen LogP contribution in [0.2, 0.25) is 0 Å². The highest BCUT2D eigenvalue weighted by molar-refractivity contribution is 7.89. The fourth-order valence-electron chi connectivity index (χ4n) is 3.42. The Bertz CT molecular complexity index is 847. The number of carbonyl (C=O) groups excluding carboxylic acids is 1. The van der Waals surface area contributed by atoms with Gasteiger partial charge in [0.2, 0.25) is 15.9 Å². The van der Waals surface area contributed by atoms with Crippen molar-refractivity contribution in [2.75, 3.05) is 57.9 Å². The Morgan fingerprint density at radius 2 is 1.86 bits per heavy atom. The first-order valence-electron chi connectivity index (χ1n) is 9.16. The average molecular weight is 412 g/mol. The van der Waals surface area contributed by atoms with Crippen LogP contribution in [0, 0.1) is 10.1 Å². The minimum atomic E-state index is -3.97. The zero-order chi connectivity index (χ0) is 20.3. The summed E-state index contributed by atoms with van der Waals surface area (Å²) in [5.41, 5.74) is -0.0421. The first-order chi connectivity index (χ1) is 13.3. The van der Waals surface area contributed by atoms with Crippen molar-refractivity contribution in [2.24, 2.45) is 0 Å². The molecule has 0 aromatic heterocycles. The van der Waals surface area contributed by atoms with Gasteiger partial charge in [-0.05, 0) is 18.9 Å². The van der Waals surface area contributed by atoms with Crippen LogP contribution in [0.5, 0.6) is 0 Å². The smallest absolute Gasteiger partial charge is 0.270 e. The summed E-state index contributed by atoms with van der Waals surface area (Å²) in [6.45, 7) is 2.31. The number of hydrogen-bond donors (Lipinski definition) is 0. The topological polar surface area (TPSA) is 113 Å². The second-order valence-corrected chi connectivity index (χ2v) is 8.78. The van der Waals surface area contributed by atoms with Crippen molar-refractivity contribution in [3.8, 4) is 0 Å². The quantitative estimate of drug-likeness (QED) is 0.498. The van der Waals surface area contributed by atoms with Crippen molar-refractivity contribution in [1.29, 1.82) is 0 Å². The molecule has 0 unspecified atom stereocenters. The van der Waals surface area contributed by atoms with Gasteiger partial charge >= 0.3 is 0 Å². The van der Waals surface area contributed by atoms with Crippen LogP contribution in [0.25, 0.3) is 0 Å². The fourth-order valence-corrected chi connectivity index (χ4v) is 5.08. The molecule has 1 amide bonds. The number of non-ortho nitro benzene ring substituents is 1. The van der Waals surface area contributed by atoms with Crippen molar-refractivity contribution in [3.05, 3.63) is 28.3 Å². The molecule has 2 saturated heterocycles. The molecule has 2 heterocycles. The van der Waals surface area contributed by atoms with Gasteiger partial charge < -0.3 is 14.5 Å². The summed E-state index contributed by atoms with van der Waals surface area (Å²) in [7, 11) is -2.35. The molecule has 2 aliphatic rings. The van der Waals surface area contributed by atoms with E-state index in [1.807, 2.05) is 0 Å². The standard InChI is InChI=1S/C17H24N4O6S/c1-18(13-17(22)19-6-2-3-7-19)15-5-4-14(21(23)24)12-16(15)28(25,26)20-8-10-27-11-9-20/h4-5,12H,2-3,6-11,13H2,1H3. The van der Waals surface area contributed by atoms with E-state index in [4.69, 9.17) is 4.74 Å². The molecule has 1 aromatic carbocycles. The molecule has 0 radical (unpaired) electrons. The Hall–Kier alpha value is -2.24. The van der Waals surface area contributed by atoms with Crippen LogP contribution in [-0.2, 0) is 19.6 Å². The summed E-state index contributed by atoms with van der Waals surface area (Å²) in [6, 6.07) is 3.71. The number of rotatable bonds is 6. The molecule has 10 nitrogen and oxygen atoms in total. The number of nitro groups is 1. The van der Waals surface area contributed by atoms with Gasteiger partial charge in [0, 0.05) is 45.4 Å². The lowest BCUT2D eigenvalue weighted by atomic mass is 10.2. The molecule has 0 spiro atoms. The van der Waals surface area contributed by atoms with Gasteiger partial charge in [-0.25, -0.2) is 8.42 Å². The molecule has 3 rings (SSSR count). The molecule has 0 saturated carbocycles. The van der Waals surface area contributed by atoms with Crippen LogP contribution < -0.4 is 4.90 Å². The average Bonchev–Trinajstić information content (AvgIpc) is 3.23. The van der Waals surface area contributed by atoms with E-state index in [1.165, 1.54) is 21.3 Å². The normalized spacial score (nSPS) is 18.2. The van der Waals surface area contributed by atoms with Gasteiger partial charge in [0.25, 0.3) is 5.69 Å². The highest BCUT2D eigenvalue weighted by Crippen LogP contribution is 2.31. The van der Waals surface area contributed by atoms with E-state index in [2.05, 4.69) is 0 Å². The van der Waals surface area contributed by atoms with Crippen molar-refractivity contribution in [3.63, 3.8) is 0 Å². The molecule has 11 heteroatoms. The van der Waals surface area contributed by atoms with Crippen LogP contribution in [-0.4, -0.2) is 81.4 Å². The van der Waals surface area contributed by atoms with E-state index in [-0.39, 0.29) is 55.0 Å². The third kappa shape index (κ3) is 4.26. The molecule has 2 aliphatic heterocycles. The molecule has 28 heavy (non-hydrogen) atoms. The Morgan fingerprint density at radius 3 is 2.46 bits per heavy atom. The predicted octanol–water partition coefficient (Wildman–Crippen LogP) is 0.674. The van der Waals surface area contributed by atoms with Gasteiger partial charge in [-0.1, -0.05) is 0 Å². The summed E-state index contributed by atoms with van der Waals surface area (Å²) >= 11 is 0. The summed E-state index contributed by atoms with van der Waals surface area (Å²) in [5, 5.41) is 11.2. The summed E-state index contributed by atoms with van der Waals surface area (Å²) in [5.74, 6) is -0.0897. The second kappa shape index (κ2) is 8.41. The number of likely N-dealkylation sites (tertiary alicyclic amines) is 1. The summed E-state index contributed by atoms with van der Waals surface area (Å²) in [6.07, 6.45) is 1.92. The van der Waals surface area contributed by atoms with E-state index in [1.54, 1.807) is 11.9 Å². The molecule has 0 N–H and O–H groups in total. The molecule has 1 aromatic rings. The number of nitrogens with zero attached hydrogens (tertiary/aromatic N) is 4. The maximum atomic E-state index is 13.2. The maximum absolute atomic E-state index is 13.2. The molecular formula is C17H24N4O6S. The Kier molecular flexibility index (Phi) is 6.16. The SMILES string of the molecule is CN(CC(=O)N1CCCC1)c1ccc([N+](=O)[O-])cc1S(=O)(=O)N1CCOCC1. The van der Waals surface area contributed by atoms with E-state index in [0.717, 1.165) is 18.9 Å². The van der Waals surface area contributed by atoms with Gasteiger partial charge in [-0.15, -0.1) is 0 Å². The van der Waals surface area contributed by atoms with Gasteiger partial charge in [-0.3, -0.25) is 14.9 Å². The molecule has 0 aliphatic carbocycles. The number of sulfonamides is 1. The minimum Gasteiger partial charge on any atom is -0.379 e. The first kappa shape index (κ1) is 20.5. The number of carbonyl (C=O) groups is 1. The van der Waals surface area contributed by atoms with Crippen LogP contribution >= 0.6 is 0 Å². The van der Waals surface area contributed by atoms with Gasteiger partial charge in [0.05, 0.1) is 30.4 Å². The zero-order valence-electron chi connectivity index (χ0n) is 15.7. The highest BCUT2D eigenvalue weighted by Gasteiger charge is 2.32. The lowest BCUT2D eigenvalue weighted by Gasteiger charge is -2.29. The maximum Gasteiger partial charge on any atom is 0.270 e. The number of nitro benzene ring substituents is 1. The molecule has 2 fully saturated rings. The molecule has 154 valence electrons. The number of morpholine rings is 1. The number of hydrogen-bond acceptors (Lipinski definition) is 7. The van der Waals surface area contributed by atoms with Crippen LogP contribution in [0.3, 0.4) is 0 Å². The lowest BCUT2D eigenvalue weighted by molar-refractivity contribution is -0.385. The third-order valence-corrected chi connectivity index (χ3v) is 6.91. The number of anilines is 1. The predicted molar refractivity (Wildman–Crippen MR) is 102 cm³/mol. The number of amides is 1. The van der Waals surface area contributed by atoms with E-state index >= 15 is 0 Å². The summed E-state index contributed by atoms with van der Waals surface area (Å²) < 4.78 is 32.8. The van der Waals surface area contributed by atoms with Crippen LogP contribution in [0.4, 0.5) is 11.4 Å². The van der Waals surface area contributed by atoms with Crippen molar-refractivity contribution >= 4 is 27.3 Å². The Balaban J connectivity index is 1.93. The zero-order valence-corrected chi connectivity index (χ0v) is 16.6. The summed E-state index contributed by atoms with van der Waals surface area (Å²) in [4.78, 5) is 26.2. The minimum absolute atomic E-state index is 0.00341. The molecule has 0 bridgehead atoms. The number of benzene rings is 1. The van der Waals surface area contributed by atoms with Gasteiger partial charge in [0.1, 0.15) is 4.90 Å². The van der Waals surface area contributed by atoms with Crippen molar-refractivity contribution < 1.29 is 22.9 Å². The van der Waals surface area contributed by atoms with E-state index < -0.39 is 14.9 Å². The fraction of sp³-hybridized carbons (Fsp3) is 0.588. The first-order valence-corrected chi connectivity index (χ1v) is 10.6. The largest absolute Gasteiger partial charge is 0.379 e. The van der Waals surface area contributed by atoms with Crippen molar-refractivity contribution in [1.82, 2.24) is 9.21 Å². The highest BCUT2D eigenvalue weighted by atomic mass is 32.2. The number of likely N-dealkylation sites (N-methyl/N-ethyl adjacent to an activating group) is 1. The monoisotopic (exact) mass is 412 g/mol. The Labute approximate surface area is 163 Å².